The number of nitrogens with one attached hydrogen (secondary N) is 2. The zero-order chi connectivity index (χ0) is 20.7. The van der Waals surface area contributed by atoms with E-state index in [4.69, 9.17) is 0 Å². The summed E-state index contributed by atoms with van der Waals surface area (Å²) in [7, 11) is -3.72. The van der Waals surface area contributed by atoms with Crippen LogP contribution in [0.25, 0.3) is 0 Å². The molecule has 5 nitrogen and oxygen atoms in total. The van der Waals surface area contributed by atoms with Crippen LogP contribution in [0.15, 0.2) is 42.5 Å². The summed E-state index contributed by atoms with van der Waals surface area (Å²) >= 11 is 0. The van der Waals surface area contributed by atoms with E-state index in [1.807, 2.05) is 4.72 Å². The van der Waals surface area contributed by atoms with Crippen molar-refractivity contribution in [2.45, 2.75) is 18.5 Å². The molecule has 28 heavy (non-hydrogen) atoms. The number of amides is 1. The summed E-state index contributed by atoms with van der Waals surface area (Å²) in [6.07, 6.45) is -3.40. The lowest BCUT2D eigenvalue weighted by molar-refractivity contribution is -0.138. The SMILES string of the molecule is CS(=O)(=O)Nc1cc(NC(=O)C2CC2c2ccccc2C(F)(F)F)ccc1F. The van der Waals surface area contributed by atoms with Gasteiger partial charge in [0, 0.05) is 11.6 Å². The zero-order valence-corrected chi connectivity index (χ0v) is 15.4. The van der Waals surface area contributed by atoms with Crippen LogP contribution in [-0.2, 0) is 21.0 Å². The highest BCUT2D eigenvalue weighted by Crippen LogP contribution is 2.51. The van der Waals surface area contributed by atoms with Gasteiger partial charge in [0.25, 0.3) is 0 Å². The molecule has 0 radical (unpaired) electrons. The highest BCUT2D eigenvalue weighted by atomic mass is 32.2. The Morgan fingerprint density at radius 3 is 2.46 bits per heavy atom. The summed E-state index contributed by atoms with van der Waals surface area (Å²) in [6.45, 7) is 0. The molecular formula is C18H16F4N2O3S. The smallest absolute Gasteiger partial charge is 0.326 e. The first-order valence-corrected chi connectivity index (χ1v) is 10.1. The minimum absolute atomic E-state index is 0.0636. The normalized spacial score (nSPS) is 19.2. The maximum atomic E-state index is 13.7. The summed E-state index contributed by atoms with van der Waals surface area (Å²) in [5.74, 6) is -2.56. The van der Waals surface area contributed by atoms with Crippen LogP contribution < -0.4 is 10.0 Å². The molecule has 150 valence electrons. The van der Waals surface area contributed by atoms with E-state index in [0.29, 0.717) is 0 Å². The number of carbonyl (C=O) groups is 1. The largest absolute Gasteiger partial charge is 0.416 e. The number of anilines is 2. The molecular weight excluding hydrogens is 400 g/mol. The molecule has 2 atom stereocenters. The molecule has 2 aromatic rings. The molecule has 1 amide bonds. The predicted octanol–water partition coefficient (Wildman–Crippen LogP) is 3.96. The summed E-state index contributed by atoms with van der Waals surface area (Å²) in [5.41, 5.74) is -0.909. The lowest BCUT2D eigenvalue weighted by Gasteiger charge is -2.13. The van der Waals surface area contributed by atoms with Gasteiger partial charge in [-0.15, -0.1) is 0 Å². The maximum absolute atomic E-state index is 13.7. The highest BCUT2D eigenvalue weighted by Gasteiger charge is 2.47. The minimum atomic E-state index is -4.51. The molecule has 0 aliphatic heterocycles. The van der Waals surface area contributed by atoms with E-state index in [1.165, 1.54) is 24.3 Å². The van der Waals surface area contributed by atoms with E-state index in [0.717, 1.165) is 24.5 Å². The molecule has 1 aliphatic rings. The number of halogens is 4. The van der Waals surface area contributed by atoms with Crippen LogP contribution in [0.4, 0.5) is 28.9 Å². The Balaban J connectivity index is 1.74. The van der Waals surface area contributed by atoms with Crippen molar-refractivity contribution >= 4 is 27.3 Å². The van der Waals surface area contributed by atoms with E-state index in [9.17, 15) is 30.8 Å². The number of hydrogen-bond donors (Lipinski definition) is 2. The van der Waals surface area contributed by atoms with E-state index < -0.39 is 45.3 Å². The van der Waals surface area contributed by atoms with E-state index in [1.54, 1.807) is 0 Å². The number of carbonyl (C=O) groups excluding carboxylic acids is 1. The molecule has 0 spiro atoms. The van der Waals surface area contributed by atoms with Gasteiger partial charge < -0.3 is 5.32 Å². The molecule has 2 aromatic carbocycles. The Hall–Kier alpha value is -2.62. The monoisotopic (exact) mass is 416 g/mol. The first kappa shape index (κ1) is 20.1. The quantitative estimate of drug-likeness (QED) is 0.725. The molecule has 3 rings (SSSR count). The van der Waals surface area contributed by atoms with E-state index in [2.05, 4.69) is 5.32 Å². The minimum Gasteiger partial charge on any atom is -0.326 e. The highest BCUT2D eigenvalue weighted by molar-refractivity contribution is 7.92. The first-order valence-electron chi connectivity index (χ1n) is 8.20. The van der Waals surface area contributed by atoms with Crippen LogP contribution in [0, 0.1) is 11.7 Å². The van der Waals surface area contributed by atoms with Crippen molar-refractivity contribution in [3.63, 3.8) is 0 Å². The van der Waals surface area contributed by atoms with Crippen molar-refractivity contribution in [1.29, 1.82) is 0 Å². The Morgan fingerprint density at radius 2 is 1.82 bits per heavy atom. The molecule has 2 N–H and O–H groups in total. The van der Waals surface area contributed by atoms with Crippen LogP contribution in [-0.4, -0.2) is 20.6 Å². The molecule has 0 bridgehead atoms. The Bertz CT molecular complexity index is 1020. The molecule has 1 aliphatic carbocycles. The van der Waals surface area contributed by atoms with Crippen molar-refractivity contribution in [3.05, 3.63) is 59.4 Å². The summed E-state index contributed by atoms with van der Waals surface area (Å²) < 4.78 is 77.6. The van der Waals surface area contributed by atoms with Gasteiger partial charge in [0.05, 0.1) is 17.5 Å². The Labute approximate surface area is 158 Å². The zero-order valence-electron chi connectivity index (χ0n) is 14.5. The Kier molecular flexibility index (Phi) is 5.09. The number of benzene rings is 2. The molecule has 1 saturated carbocycles. The van der Waals surface area contributed by atoms with Crippen molar-refractivity contribution < 1.29 is 30.8 Å². The molecule has 2 unspecified atom stereocenters. The fraction of sp³-hybridized carbons (Fsp3) is 0.278. The third-order valence-electron chi connectivity index (χ3n) is 4.32. The second-order valence-electron chi connectivity index (χ2n) is 6.59. The average Bonchev–Trinajstić information content (AvgIpc) is 3.36. The first-order chi connectivity index (χ1) is 13.0. The second kappa shape index (κ2) is 7.08. The van der Waals surface area contributed by atoms with Crippen molar-refractivity contribution in [2.75, 3.05) is 16.3 Å². The summed E-state index contributed by atoms with van der Waals surface area (Å²) in [4.78, 5) is 12.4. The van der Waals surface area contributed by atoms with Gasteiger partial charge in [0.2, 0.25) is 15.9 Å². The van der Waals surface area contributed by atoms with Crippen molar-refractivity contribution in [2.24, 2.45) is 5.92 Å². The predicted molar refractivity (Wildman–Crippen MR) is 95.8 cm³/mol. The van der Waals surface area contributed by atoms with Crippen molar-refractivity contribution in [1.82, 2.24) is 0 Å². The Morgan fingerprint density at radius 1 is 1.14 bits per heavy atom. The maximum Gasteiger partial charge on any atom is 0.416 e. The van der Waals surface area contributed by atoms with E-state index >= 15 is 0 Å². The lowest BCUT2D eigenvalue weighted by Crippen LogP contribution is -2.16. The van der Waals surface area contributed by atoms with E-state index in [-0.39, 0.29) is 23.4 Å². The summed E-state index contributed by atoms with van der Waals surface area (Å²) in [6, 6.07) is 8.43. The second-order valence-corrected chi connectivity index (χ2v) is 8.34. The van der Waals surface area contributed by atoms with Crippen molar-refractivity contribution in [3.8, 4) is 0 Å². The molecule has 1 fully saturated rings. The number of sulfonamides is 1. The van der Waals surface area contributed by atoms with Gasteiger partial charge in [0.1, 0.15) is 5.82 Å². The van der Waals surface area contributed by atoms with Gasteiger partial charge in [0.15, 0.2) is 0 Å². The summed E-state index contributed by atoms with van der Waals surface area (Å²) in [5, 5.41) is 2.49. The molecule has 0 heterocycles. The van der Waals surface area contributed by atoms with Gasteiger partial charge in [-0.3, -0.25) is 9.52 Å². The van der Waals surface area contributed by atoms with Gasteiger partial charge in [-0.2, -0.15) is 13.2 Å². The third kappa shape index (κ3) is 4.61. The fourth-order valence-corrected chi connectivity index (χ4v) is 3.58. The number of rotatable bonds is 5. The average molecular weight is 416 g/mol. The molecule has 10 heteroatoms. The van der Waals surface area contributed by atoms with Crippen LogP contribution in [0.5, 0.6) is 0 Å². The lowest BCUT2D eigenvalue weighted by atomic mass is 10.0. The van der Waals surface area contributed by atoms with Crippen LogP contribution in [0.2, 0.25) is 0 Å². The number of alkyl halides is 3. The van der Waals surface area contributed by atoms with Crippen LogP contribution in [0.3, 0.4) is 0 Å². The van der Waals surface area contributed by atoms with Gasteiger partial charge in [-0.25, -0.2) is 12.8 Å². The van der Waals surface area contributed by atoms with Crippen LogP contribution >= 0.6 is 0 Å². The van der Waals surface area contributed by atoms with Gasteiger partial charge in [-0.05, 0) is 42.2 Å². The molecule has 0 aromatic heterocycles. The molecule has 0 saturated heterocycles. The van der Waals surface area contributed by atoms with Gasteiger partial charge >= 0.3 is 6.18 Å². The topological polar surface area (TPSA) is 75.3 Å². The number of hydrogen-bond acceptors (Lipinski definition) is 3. The van der Waals surface area contributed by atoms with Crippen LogP contribution in [0.1, 0.15) is 23.5 Å². The fourth-order valence-electron chi connectivity index (χ4n) is 3.02. The van der Waals surface area contributed by atoms with Gasteiger partial charge in [-0.1, -0.05) is 18.2 Å². The standard InChI is InChI=1S/C18H16F4N2O3S/c1-28(26,27)24-16-8-10(6-7-15(16)19)23-17(25)13-9-12(13)11-4-2-3-5-14(11)18(20,21)22/h2-8,12-13,24H,9H2,1H3,(H,23,25). The third-order valence-corrected chi connectivity index (χ3v) is 4.91.